The van der Waals surface area contributed by atoms with E-state index in [9.17, 15) is 5.26 Å². The van der Waals surface area contributed by atoms with Gasteiger partial charge in [0.2, 0.25) is 5.90 Å². The van der Waals surface area contributed by atoms with E-state index in [1.807, 2.05) is 71.7 Å². The predicted octanol–water partition coefficient (Wildman–Crippen LogP) is 7.04. The van der Waals surface area contributed by atoms with E-state index >= 15 is 0 Å². The Morgan fingerprint density at radius 1 is 0.875 bits per heavy atom. The first-order chi connectivity index (χ1) is 19.4. The minimum Gasteiger partial charge on any atom is -0.442 e. The van der Waals surface area contributed by atoms with Crippen LogP contribution >= 0.6 is 0 Å². The van der Waals surface area contributed by atoms with Gasteiger partial charge in [-0.2, -0.15) is 15.5 Å². The van der Waals surface area contributed by atoms with E-state index in [1.54, 1.807) is 0 Å². The van der Waals surface area contributed by atoms with Crippen molar-refractivity contribution in [1.82, 2.24) is 19.6 Å². The second kappa shape index (κ2) is 10.1. The fraction of sp³-hybridized carbons (Fsp3) is 0.273. The number of hydrogen-bond donors (Lipinski definition) is 1. The van der Waals surface area contributed by atoms with Gasteiger partial charge in [-0.1, -0.05) is 36.4 Å². The topological polar surface area (TPSA) is 92.5 Å². The van der Waals surface area contributed by atoms with Crippen LogP contribution in [0, 0.1) is 50.4 Å². The number of rotatable bonds is 4. The van der Waals surface area contributed by atoms with Crippen LogP contribution < -0.4 is 0 Å². The molecule has 0 radical (unpaired) electrons. The number of nitrogens with zero attached hydrogens (tertiary/aromatic N) is 5. The maximum atomic E-state index is 10.2. The molecule has 3 heterocycles. The third-order valence-corrected chi connectivity index (χ3v) is 8.14. The highest BCUT2D eigenvalue weighted by Gasteiger charge is 2.43. The predicted molar refractivity (Wildman–Crippen MR) is 156 cm³/mol. The standard InChI is InChI=1S/C33H32N6O/c1-20-28(22(3)38(36-20)25-13-7-5-8-14-25)18-24-12-11-17-27-31(29(19-34)33(35)40-32(24)27)30-21(2)37-39(23(30)4)26-15-9-6-10-16-26/h5-10,13-16,18,29,31,35H,11-12,17H2,1-4H3/b24-18+,35-33?. The van der Waals surface area contributed by atoms with Crippen LogP contribution in [0.15, 0.2) is 77.6 Å². The van der Waals surface area contributed by atoms with Crippen molar-refractivity contribution >= 4 is 12.0 Å². The van der Waals surface area contributed by atoms with Crippen molar-refractivity contribution in [3.8, 4) is 17.4 Å². The van der Waals surface area contributed by atoms with Crippen LogP contribution in [-0.2, 0) is 4.74 Å². The Morgan fingerprint density at radius 3 is 2.10 bits per heavy atom. The average Bonchev–Trinajstić information content (AvgIpc) is 3.42. The molecule has 200 valence electrons. The number of nitrogens with one attached hydrogen (secondary N) is 1. The van der Waals surface area contributed by atoms with Crippen molar-refractivity contribution in [2.24, 2.45) is 5.92 Å². The van der Waals surface area contributed by atoms with Crippen molar-refractivity contribution in [3.63, 3.8) is 0 Å². The lowest BCUT2D eigenvalue weighted by molar-refractivity contribution is 0.334. The third-order valence-electron chi connectivity index (χ3n) is 8.14. The summed E-state index contributed by atoms with van der Waals surface area (Å²) in [5.41, 5.74) is 10.1. The fourth-order valence-corrected chi connectivity index (χ4v) is 6.25. The summed E-state index contributed by atoms with van der Waals surface area (Å²) in [6.07, 6.45) is 4.79. The average molecular weight is 529 g/mol. The van der Waals surface area contributed by atoms with E-state index in [1.165, 1.54) is 0 Å². The number of nitriles is 1. The lowest BCUT2D eigenvalue weighted by Gasteiger charge is -2.36. The van der Waals surface area contributed by atoms with Gasteiger partial charge in [-0.3, -0.25) is 5.41 Å². The van der Waals surface area contributed by atoms with E-state index in [0.29, 0.717) is 0 Å². The number of aryl methyl sites for hydroxylation is 2. The highest BCUT2D eigenvalue weighted by atomic mass is 16.5. The summed E-state index contributed by atoms with van der Waals surface area (Å²) in [5, 5.41) is 28.7. The maximum absolute atomic E-state index is 10.2. The molecule has 7 nitrogen and oxygen atoms in total. The van der Waals surface area contributed by atoms with E-state index in [4.69, 9.17) is 20.3 Å². The molecule has 2 atom stereocenters. The van der Waals surface area contributed by atoms with Gasteiger partial charge >= 0.3 is 0 Å². The molecule has 0 amide bonds. The molecule has 1 aliphatic heterocycles. The zero-order valence-corrected chi connectivity index (χ0v) is 23.3. The molecule has 4 aromatic rings. The van der Waals surface area contributed by atoms with Crippen LogP contribution in [-0.4, -0.2) is 25.5 Å². The first kappa shape index (κ1) is 25.6. The SMILES string of the molecule is Cc1nn(-c2ccccc2)c(C)c1/C=C1\CCCC2=C1OC(=N)C(C#N)C2c1c(C)nn(-c2ccccc2)c1C. The second-order valence-electron chi connectivity index (χ2n) is 10.6. The Hall–Kier alpha value is -4.70. The van der Waals surface area contributed by atoms with E-state index in [2.05, 4.69) is 38.1 Å². The van der Waals surface area contributed by atoms with Crippen LogP contribution in [0.25, 0.3) is 17.5 Å². The molecular formula is C33H32N6O. The second-order valence-corrected chi connectivity index (χ2v) is 10.6. The molecule has 1 aliphatic carbocycles. The van der Waals surface area contributed by atoms with Crippen molar-refractivity contribution in [2.75, 3.05) is 0 Å². The number of allylic oxidation sites excluding steroid dienone is 2. The highest BCUT2D eigenvalue weighted by molar-refractivity contribution is 5.84. The number of para-hydroxylation sites is 2. The molecule has 2 unspecified atom stereocenters. The smallest absolute Gasteiger partial charge is 0.205 e. The lowest BCUT2D eigenvalue weighted by Crippen LogP contribution is -2.32. The molecule has 0 saturated heterocycles. The summed E-state index contributed by atoms with van der Waals surface area (Å²) in [4.78, 5) is 0. The quantitative estimate of drug-likeness (QED) is 0.307. The first-order valence-electron chi connectivity index (χ1n) is 13.7. The van der Waals surface area contributed by atoms with Gasteiger partial charge in [0.25, 0.3) is 0 Å². The molecule has 2 aromatic heterocycles. The number of benzene rings is 2. The van der Waals surface area contributed by atoms with Crippen molar-refractivity contribution in [3.05, 3.63) is 111 Å². The van der Waals surface area contributed by atoms with Gasteiger partial charge < -0.3 is 4.74 Å². The van der Waals surface area contributed by atoms with Crippen molar-refractivity contribution in [1.29, 1.82) is 10.7 Å². The molecular weight excluding hydrogens is 496 g/mol. The molecule has 0 spiro atoms. The monoisotopic (exact) mass is 528 g/mol. The van der Waals surface area contributed by atoms with Gasteiger partial charge in [0.1, 0.15) is 11.7 Å². The molecule has 0 saturated carbocycles. The summed E-state index contributed by atoms with van der Waals surface area (Å²) in [5.74, 6) is -0.242. The normalized spacial score (nSPS) is 19.9. The molecule has 2 aliphatic rings. The Bertz CT molecular complexity index is 1720. The van der Waals surface area contributed by atoms with Crippen LogP contribution in [0.2, 0.25) is 0 Å². The van der Waals surface area contributed by atoms with Gasteiger partial charge in [-0.05, 0) is 88.4 Å². The van der Waals surface area contributed by atoms with E-state index < -0.39 is 5.92 Å². The maximum Gasteiger partial charge on any atom is 0.205 e. The van der Waals surface area contributed by atoms with Crippen LogP contribution in [0.1, 0.15) is 59.1 Å². The lowest BCUT2D eigenvalue weighted by atomic mass is 9.73. The molecule has 6 rings (SSSR count). The number of ether oxygens (including phenoxy) is 1. The molecule has 0 fully saturated rings. The Balaban J connectivity index is 1.48. The molecule has 2 aromatic carbocycles. The summed E-state index contributed by atoms with van der Waals surface area (Å²) >= 11 is 0. The number of hydrogen-bond acceptors (Lipinski definition) is 5. The molecule has 40 heavy (non-hydrogen) atoms. The Labute approximate surface area is 234 Å². The van der Waals surface area contributed by atoms with E-state index in [0.717, 1.165) is 81.4 Å². The first-order valence-corrected chi connectivity index (χ1v) is 13.7. The summed E-state index contributed by atoms with van der Waals surface area (Å²) in [6.45, 7) is 8.17. The van der Waals surface area contributed by atoms with Crippen LogP contribution in [0.4, 0.5) is 0 Å². The zero-order chi connectivity index (χ0) is 28.0. The van der Waals surface area contributed by atoms with Crippen LogP contribution in [0.3, 0.4) is 0 Å². The highest BCUT2D eigenvalue weighted by Crippen LogP contribution is 2.48. The summed E-state index contributed by atoms with van der Waals surface area (Å²) < 4.78 is 10.1. The largest absolute Gasteiger partial charge is 0.442 e. The fourth-order valence-electron chi connectivity index (χ4n) is 6.25. The van der Waals surface area contributed by atoms with Crippen molar-refractivity contribution in [2.45, 2.75) is 52.9 Å². The molecule has 7 heteroatoms. The van der Waals surface area contributed by atoms with Gasteiger partial charge in [-0.25, -0.2) is 9.36 Å². The van der Waals surface area contributed by atoms with Crippen LogP contribution in [0.5, 0.6) is 0 Å². The minimum atomic E-state index is -0.701. The van der Waals surface area contributed by atoms with Gasteiger partial charge in [0.15, 0.2) is 0 Å². The van der Waals surface area contributed by atoms with Gasteiger partial charge in [-0.15, -0.1) is 0 Å². The minimum absolute atomic E-state index is 0.00117. The van der Waals surface area contributed by atoms with E-state index in [-0.39, 0.29) is 11.8 Å². The zero-order valence-electron chi connectivity index (χ0n) is 23.3. The molecule has 0 bridgehead atoms. The van der Waals surface area contributed by atoms with Gasteiger partial charge in [0.05, 0.1) is 28.8 Å². The summed E-state index contributed by atoms with van der Waals surface area (Å²) in [6, 6.07) is 22.6. The van der Waals surface area contributed by atoms with Crippen molar-refractivity contribution < 1.29 is 4.74 Å². The number of aromatic nitrogens is 4. The molecule has 1 N–H and O–H groups in total. The van der Waals surface area contributed by atoms with Gasteiger partial charge in [0, 0.05) is 28.4 Å². The Morgan fingerprint density at radius 2 is 1.48 bits per heavy atom. The third kappa shape index (κ3) is 4.17. The summed E-state index contributed by atoms with van der Waals surface area (Å²) in [7, 11) is 0. The Kier molecular flexibility index (Phi) is 6.47.